The lowest BCUT2D eigenvalue weighted by Gasteiger charge is -2.25. The first kappa shape index (κ1) is 22.1. The van der Waals surface area contributed by atoms with Crippen molar-refractivity contribution in [3.63, 3.8) is 0 Å². The van der Waals surface area contributed by atoms with Crippen LogP contribution >= 0.6 is 39.1 Å². The summed E-state index contributed by atoms with van der Waals surface area (Å²) in [6.45, 7) is 3.65. The molecule has 0 bridgehead atoms. The van der Waals surface area contributed by atoms with Crippen LogP contribution in [-0.4, -0.2) is 29.3 Å². The van der Waals surface area contributed by atoms with E-state index in [1.54, 1.807) is 36.4 Å². The minimum absolute atomic E-state index is 0.0216. The number of halogens is 3. The standard InChI is InChI=1S/C21H15BrCl2N2O4/c1-2-7-26-20(28)16(19(27)25-21(26)29)9-13-8-14(22)4-6-18(13)30-11-12-3-5-15(23)10-17(12)24/h2-6,8-10H,1,7,11H2,(H,25,27,29)/b16-9-. The van der Waals surface area contributed by atoms with Gasteiger partial charge in [0.2, 0.25) is 0 Å². The number of carbonyl (C=O) groups is 3. The Morgan fingerprint density at radius 2 is 1.90 bits per heavy atom. The highest BCUT2D eigenvalue weighted by Crippen LogP contribution is 2.29. The number of hydrogen-bond acceptors (Lipinski definition) is 4. The first-order chi connectivity index (χ1) is 14.3. The molecule has 0 atom stereocenters. The molecule has 1 fully saturated rings. The first-order valence-electron chi connectivity index (χ1n) is 8.66. The molecule has 1 aliphatic rings. The highest BCUT2D eigenvalue weighted by molar-refractivity contribution is 9.10. The highest BCUT2D eigenvalue weighted by atomic mass is 79.9. The Morgan fingerprint density at radius 1 is 1.13 bits per heavy atom. The molecule has 0 saturated carbocycles. The molecule has 2 aromatic rings. The van der Waals surface area contributed by atoms with E-state index in [0.29, 0.717) is 25.8 Å². The van der Waals surface area contributed by atoms with Crippen molar-refractivity contribution in [1.29, 1.82) is 0 Å². The molecule has 4 amide bonds. The van der Waals surface area contributed by atoms with Crippen LogP contribution in [0.25, 0.3) is 6.08 Å². The average Bonchev–Trinajstić information content (AvgIpc) is 2.69. The zero-order valence-corrected chi connectivity index (χ0v) is 18.6. The summed E-state index contributed by atoms with van der Waals surface area (Å²) in [5.74, 6) is -1.07. The first-order valence-corrected chi connectivity index (χ1v) is 10.2. The maximum atomic E-state index is 12.6. The van der Waals surface area contributed by atoms with E-state index in [1.165, 1.54) is 12.2 Å². The van der Waals surface area contributed by atoms with Crippen molar-refractivity contribution >= 4 is 63.1 Å². The van der Waals surface area contributed by atoms with Gasteiger partial charge >= 0.3 is 6.03 Å². The predicted molar refractivity (Wildman–Crippen MR) is 118 cm³/mol. The molecule has 154 valence electrons. The molecular weight excluding hydrogens is 495 g/mol. The monoisotopic (exact) mass is 508 g/mol. The molecule has 2 aromatic carbocycles. The minimum Gasteiger partial charge on any atom is -0.488 e. The van der Waals surface area contributed by atoms with Crippen LogP contribution in [0.3, 0.4) is 0 Å². The Kier molecular flexibility index (Phi) is 6.97. The second-order valence-electron chi connectivity index (χ2n) is 6.23. The third-order valence-corrected chi connectivity index (χ3v) is 5.25. The molecule has 0 radical (unpaired) electrons. The van der Waals surface area contributed by atoms with Gasteiger partial charge in [-0.25, -0.2) is 4.79 Å². The number of benzene rings is 2. The molecule has 1 heterocycles. The average molecular weight is 510 g/mol. The molecule has 0 spiro atoms. The molecule has 1 N–H and O–H groups in total. The Morgan fingerprint density at radius 3 is 2.60 bits per heavy atom. The summed E-state index contributed by atoms with van der Waals surface area (Å²) in [7, 11) is 0. The number of hydrogen-bond donors (Lipinski definition) is 1. The number of ether oxygens (including phenoxy) is 1. The maximum absolute atomic E-state index is 12.6. The van der Waals surface area contributed by atoms with E-state index in [-0.39, 0.29) is 18.7 Å². The maximum Gasteiger partial charge on any atom is 0.331 e. The fourth-order valence-corrected chi connectivity index (χ4v) is 3.54. The molecule has 9 heteroatoms. The molecule has 1 aliphatic heterocycles. The van der Waals surface area contributed by atoms with Crippen molar-refractivity contribution in [2.45, 2.75) is 6.61 Å². The summed E-state index contributed by atoms with van der Waals surface area (Å²) in [4.78, 5) is 37.7. The summed E-state index contributed by atoms with van der Waals surface area (Å²) in [6.07, 6.45) is 2.78. The SMILES string of the molecule is C=CCN1C(=O)NC(=O)/C(=C/c2cc(Br)ccc2OCc2ccc(Cl)cc2Cl)C1=O. The van der Waals surface area contributed by atoms with Crippen molar-refractivity contribution in [2.24, 2.45) is 0 Å². The van der Waals surface area contributed by atoms with E-state index in [4.69, 9.17) is 27.9 Å². The van der Waals surface area contributed by atoms with E-state index in [1.807, 2.05) is 0 Å². The number of barbiturate groups is 1. The Hall–Kier alpha value is -2.61. The van der Waals surface area contributed by atoms with Crippen LogP contribution in [0.1, 0.15) is 11.1 Å². The van der Waals surface area contributed by atoms with Gasteiger partial charge in [0.15, 0.2) is 0 Å². The number of urea groups is 1. The van der Waals surface area contributed by atoms with Gasteiger partial charge in [-0.1, -0.05) is 51.3 Å². The molecule has 30 heavy (non-hydrogen) atoms. The molecular formula is C21H15BrCl2N2O4. The quantitative estimate of drug-likeness (QED) is 0.338. The van der Waals surface area contributed by atoms with Crippen LogP contribution < -0.4 is 10.1 Å². The normalized spacial score (nSPS) is 15.4. The van der Waals surface area contributed by atoms with Crippen molar-refractivity contribution in [3.05, 3.63) is 80.3 Å². The van der Waals surface area contributed by atoms with Crippen molar-refractivity contribution in [2.75, 3.05) is 6.54 Å². The smallest absolute Gasteiger partial charge is 0.331 e. The van der Waals surface area contributed by atoms with Crippen LogP contribution in [-0.2, 0) is 16.2 Å². The summed E-state index contributed by atoms with van der Waals surface area (Å²) in [5, 5.41) is 3.12. The second kappa shape index (κ2) is 9.47. The van der Waals surface area contributed by atoms with Gasteiger partial charge in [-0.05, 0) is 36.4 Å². The van der Waals surface area contributed by atoms with Gasteiger partial charge in [-0.2, -0.15) is 0 Å². The van der Waals surface area contributed by atoms with Crippen LogP contribution in [0, 0.1) is 0 Å². The Labute approximate surface area is 191 Å². The molecule has 1 saturated heterocycles. The van der Waals surface area contributed by atoms with E-state index >= 15 is 0 Å². The summed E-state index contributed by atoms with van der Waals surface area (Å²) in [5.41, 5.74) is 1.00. The zero-order valence-electron chi connectivity index (χ0n) is 15.5. The number of nitrogens with zero attached hydrogens (tertiary/aromatic N) is 1. The van der Waals surface area contributed by atoms with Crippen LogP contribution in [0.4, 0.5) is 4.79 Å². The van der Waals surface area contributed by atoms with Gasteiger partial charge in [0, 0.05) is 32.2 Å². The number of nitrogens with one attached hydrogen (secondary N) is 1. The Bertz CT molecular complexity index is 1080. The van der Waals surface area contributed by atoms with E-state index in [9.17, 15) is 14.4 Å². The van der Waals surface area contributed by atoms with Gasteiger partial charge in [-0.15, -0.1) is 6.58 Å². The molecule has 3 rings (SSSR count). The lowest BCUT2D eigenvalue weighted by atomic mass is 10.1. The highest BCUT2D eigenvalue weighted by Gasteiger charge is 2.35. The number of rotatable bonds is 6. The Balaban J connectivity index is 1.92. The lowest BCUT2D eigenvalue weighted by Crippen LogP contribution is -2.54. The minimum atomic E-state index is -0.787. The molecule has 0 aliphatic carbocycles. The molecule has 0 unspecified atom stereocenters. The van der Waals surface area contributed by atoms with Gasteiger partial charge in [-0.3, -0.25) is 19.8 Å². The largest absolute Gasteiger partial charge is 0.488 e. The summed E-state index contributed by atoms with van der Waals surface area (Å²) in [6, 6.07) is 9.43. The number of amides is 4. The van der Waals surface area contributed by atoms with Gasteiger partial charge in [0.05, 0.1) is 0 Å². The van der Waals surface area contributed by atoms with Crippen LogP contribution in [0.5, 0.6) is 5.75 Å². The van der Waals surface area contributed by atoms with Gasteiger partial charge in [0.1, 0.15) is 17.9 Å². The third-order valence-electron chi connectivity index (χ3n) is 4.17. The third kappa shape index (κ3) is 4.92. The van der Waals surface area contributed by atoms with Crippen LogP contribution in [0.15, 0.2) is 59.1 Å². The summed E-state index contributed by atoms with van der Waals surface area (Å²) < 4.78 is 6.59. The van der Waals surface area contributed by atoms with Gasteiger partial charge in [0.25, 0.3) is 11.8 Å². The van der Waals surface area contributed by atoms with Crippen LogP contribution in [0.2, 0.25) is 10.0 Å². The van der Waals surface area contributed by atoms with E-state index in [2.05, 4.69) is 27.8 Å². The summed E-state index contributed by atoms with van der Waals surface area (Å²) >= 11 is 15.5. The van der Waals surface area contributed by atoms with Crippen molar-refractivity contribution in [1.82, 2.24) is 10.2 Å². The molecule has 0 aromatic heterocycles. The number of imide groups is 2. The number of carbonyl (C=O) groups excluding carboxylic acids is 3. The van der Waals surface area contributed by atoms with E-state index in [0.717, 1.165) is 10.5 Å². The molecule has 6 nitrogen and oxygen atoms in total. The topological polar surface area (TPSA) is 75.7 Å². The fraction of sp³-hybridized carbons (Fsp3) is 0.0952. The fourth-order valence-electron chi connectivity index (χ4n) is 2.70. The lowest BCUT2D eigenvalue weighted by molar-refractivity contribution is -0.129. The predicted octanol–water partition coefficient (Wildman–Crippen LogP) is 4.98. The zero-order chi connectivity index (χ0) is 21.8. The van der Waals surface area contributed by atoms with E-state index < -0.39 is 17.8 Å². The van der Waals surface area contributed by atoms with Gasteiger partial charge < -0.3 is 4.74 Å². The van der Waals surface area contributed by atoms with Crippen molar-refractivity contribution < 1.29 is 19.1 Å². The van der Waals surface area contributed by atoms with Crippen molar-refractivity contribution in [3.8, 4) is 5.75 Å². The second-order valence-corrected chi connectivity index (χ2v) is 7.99.